The van der Waals surface area contributed by atoms with E-state index in [9.17, 15) is 5.11 Å². The second kappa shape index (κ2) is 5.45. The molecule has 1 aromatic rings. The maximum Gasteiger partial charge on any atom is 0.0958 e. The van der Waals surface area contributed by atoms with Crippen LogP contribution in [0.15, 0.2) is 24.3 Å². The van der Waals surface area contributed by atoms with Crippen LogP contribution in [0.5, 0.6) is 0 Å². The number of halogens is 1. The van der Waals surface area contributed by atoms with E-state index in [1.165, 1.54) is 0 Å². The largest absolute Gasteiger partial charge is 0.385 e. The molecule has 1 fully saturated rings. The van der Waals surface area contributed by atoms with Crippen molar-refractivity contribution in [1.29, 1.82) is 0 Å². The number of ether oxygens (including phenoxy) is 1. The molecule has 0 aliphatic carbocycles. The van der Waals surface area contributed by atoms with E-state index in [-0.39, 0.29) is 5.41 Å². The Bertz CT molecular complexity index is 397. The Hall–Kier alpha value is -0.170. The summed E-state index contributed by atoms with van der Waals surface area (Å²) in [6, 6.07) is 7.98. The Labute approximate surface area is 122 Å². The predicted molar refractivity (Wildman–Crippen MR) is 80.3 cm³/mol. The smallest absolute Gasteiger partial charge is 0.0958 e. The van der Waals surface area contributed by atoms with E-state index in [0.717, 1.165) is 28.6 Å². The zero-order valence-corrected chi connectivity index (χ0v) is 12.8. The van der Waals surface area contributed by atoms with Crippen LogP contribution in [0.1, 0.15) is 25.3 Å². The summed E-state index contributed by atoms with van der Waals surface area (Å²) in [7, 11) is 0. The summed E-state index contributed by atoms with van der Waals surface area (Å²) in [6.07, 6.45) is 1.86. The number of hydrogen-bond acceptors (Lipinski definition) is 3. The fourth-order valence-corrected chi connectivity index (χ4v) is 3.04. The lowest BCUT2D eigenvalue weighted by molar-refractivity contribution is -0.139. The number of nitrogens with two attached hydrogens (primary N) is 1. The van der Waals surface area contributed by atoms with Crippen molar-refractivity contribution in [2.45, 2.75) is 25.4 Å². The minimum atomic E-state index is -0.952. The van der Waals surface area contributed by atoms with Gasteiger partial charge in [0.15, 0.2) is 0 Å². The van der Waals surface area contributed by atoms with Crippen LogP contribution in [-0.2, 0) is 10.3 Å². The average molecular weight is 361 g/mol. The van der Waals surface area contributed by atoms with Crippen LogP contribution >= 0.6 is 22.6 Å². The summed E-state index contributed by atoms with van der Waals surface area (Å²) in [6.45, 7) is 3.59. The fraction of sp³-hybridized carbons (Fsp3) is 0.571. The Balaban J connectivity index is 2.35. The van der Waals surface area contributed by atoms with Crippen molar-refractivity contribution in [2.24, 2.45) is 11.1 Å². The molecular weight excluding hydrogens is 341 g/mol. The molecule has 18 heavy (non-hydrogen) atoms. The first-order valence-electron chi connectivity index (χ1n) is 6.28. The normalized spacial score (nSPS) is 27.8. The van der Waals surface area contributed by atoms with Gasteiger partial charge in [-0.25, -0.2) is 0 Å². The van der Waals surface area contributed by atoms with Crippen molar-refractivity contribution in [3.05, 3.63) is 33.4 Å². The Kier molecular flexibility index (Phi) is 4.31. The molecule has 2 rings (SSSR count). The van der Waals surface area contributed by atoms with Crippen molar-refractivity contribution in [2.75, 3.05) is 19.8 Å². The number of hydrogen-bond donors (Lipinski definition) is 2. The van der Waals surface area contributed by atoms with Gasteiger partial charge in [-0.15, -0.1) is 0 Å². The van der Waals surface area contributed by atoms with E-state index < -0.39 is 5.60 Å². The Morgan fingerprint density at radius 3 is 2.61 bits per heavy atom. The Morgan fingerprint density at radius 2 is 2.11 bits per heavy atom. The van der Waals surface area contributed by atoms with Crippen molar-refractivity contribution in [3.8, 4) is 0 Å². The SMILES string of the molecule is CC(O)(c1ccc(I)cc1)C1(CN)CCCOC1. The van der Waals surface area contributed by atoms with Crippen LogP contribution in [0.25, 0.3) is 0 Å². The van der Waals surface area contributed by atoms with Gasteiger partial charge >= 0.3 is 0 Å². The van der Waals surface area contributed by atoms with Crippen LogP contribution in [0, 0.1) is 8.99 Å². The number of aliphatic hydroxyl groups is 1. The van der Waals surface area contributed by atoms with Crippen LogP contribution in [0.4, 0.5) is 0 Å². The molecule has 1 aromatic carbocycles. The first-order valence-corrected chi connectivity index (χ1v) is 7.36. The van der Waals surface area contributed by atoms with E-state index in [0.29, 0.717) is 13.2 Å². The minimum absolute atomic E-state index is 0.377. The van der Waals surface area contributed by atoms with E-state index in [4.69, 9.17) is 10.5 Å². The van der Waals surface area contributed by atoms with Crippen LogP contribution in [0.3, 0.4) is 0 Å². The van der Waals surface area contributed by atoms with Gasteiger partial charge in [0.2, 0.25) is 0 Å². The quantitative estimate of drug-likeness (QED) is 0.812. The second-order valence-electron chi connectivity index (χ2n) is 5.22. The van der Waals surface area contributed by atoms with Gasteiger partial charge in [-0.05, 0) is 60.1 Å². The third-order valence-electron chi connectivity index (χ3n) is 4.15. The molecule has 1 heterocycles. The summed E-state index contributed by atoms with van der Waals surface area (Å²) < 4.78 is 6.73. The lowest BCUT2D eigenvalue weighted by atomic mass is 9.66. The van der Waals surface area contributed by atoms with E-state index in [2.05, 4.69) is 22.6 Å². The Morgan fingerprint density at radius 1 is 1.44 bits per heavy atom. The maximum atomic E-state index is 11.0. The van der Waals surface area contributed by atoms with Crippen molar-refractivity contribution < 1.29 is 9.84 Å². The third kappa shape index (κ3) is 2.43. The highest BCUT2D eigenvalue weighted by Gasteiger charge is 2.48. The van der Waals surface area contributed by atoms with Crippen LogP contribution in [0.2, 0.25) is 0 Å². The molecule has 0 aromatic heterocycles. The molecule has 0 saturated carbocycles. The van der Waals surface area contributed by atoms with Crippen LogP contribution < -0.4 is 5.73 Å². The second-order valence-corrected chi connectivity index (χ2v) is 6.47. The van der Waals surface area contributed by atoms with Crippen molar-refractivity contribution >= 4 is 22.6 Å². The van der Waals surface area contributed by atoms with E-state index in [1.54, 1.807) is 0 Å². The molecule has 3 nitrogen and oxygen atoms in total. The zero-order chi connectivity index (χ0) is 13.2. The van der Waals surface area contributed by atoms with Gasteiger partial charge in [-0.3, -0.25) is 0 Å². The molecular formula is C14H20INO2. The molecule has 0 amide bonds. The predicted octanol–water partition coefficient (Wildman–Crippen LogP) is 2.25. The highest BCUT2D eigenvalue weighted by atomic mass is 127. The summed E-state index contributed by atoms with van der Waals surface area (Å²) in [5.74, 6) is 0. The zero-order valence-electron chi connectivity index (χ0n) is 10.7. The molecule has 0 spiro atoms. The highest BCUT2D eigenvalue weighted by Crippen LogP contribution is 2.44. The number of rotatable bonds is 3. The maximum absolute atomic E-state index is 11.0. The number of benzene rings is 1. The molecule has 1 aliphatic heterocycles. The van der Waals surface area contributed by atoms with Crippen molar-refractivity contribution in [1.82, 2.24) is 0 Å². The summed E-state index contributed by atoms with van der Waals surface area (Å²) in [5, 5.41) is 11.0. The molecule has 0 bridgehead atoms. The van der Waals surface area contributed by atoms with E-state index >= 15 is 0 Å². The van der Waals surface area contributed by atoms with Crippen molar-refractivity contribution in [3.63, 3.8) is 0 Å². The lowest BCUT2D eigenvalue weighted by Crippen LogP contribution is -2.53. The van der Waals surface area contributed by atoms with Gasteiger partial charge in [0.25, 0.3) is 0 Å². The molecule has 100 valence electrons. The first-order chi connectivity index (χ1) is 8.52. The molecule has 1 aliphatic rings. The lowest BCUT2D eigenvalue weighted by Gasteiger charge is -2.47. The molecule has 2 unspecified atom stereocenters. The van der Waals surface area contributed by atoms with Gasteiger partial charge in [-0.2, -0.15) is 0 Å². The van der Waals surface area contributed by atoms with E-state index in [1.807, 2.05) is 31.2 Å². The standard InChI is InChI=1S/C14H20INO2/c1-13(17,11-3-5-12(15)6-4-11)14(9-16)7-2-8-18-10-14/h3-6,17H,2,7-10,16H2,1H3. The average Bonchev–Trinajstić information content (AvgIpc) is 2.40. The highest BCUT2D eigenvalue weighted by molar-refractivity contribution is 14.1. The molecule has 2 atom stereocenters. The molecule has 3 N–H and O–H groups in total. The van der Waals surface area contributed by atoms with Gasteiger partial charge < -0.3 is 15.6 Å². The molecule has 1 saturated heterocycles. The summed E-state index contributed by atoms with van der Waals surface area (Å²) in [4.78, 5) is 0. The summed E-state index contributed by atoms with van der Waals surface area (Å²) >= 11 is 2.26. The minimum Gasteiger partial charge on any atom is -0.385 e. The van der Waals surface area contributed by atoms with Gasteiger partial charge in [0, 0.05) is 22.1 Å². The van der Waals surface area contributed by atoms with Gasteiger partial charge in [0.05, 0.1) is 12.2 Å². The topological polar surface area (TPSA) is 55.5 Å². The fourth-order valence-electron chi connectivity index (χ4n) is 2.68. The summed E-state index contributed by atoms with van der Waals surface area (Å²) in [5.41, 5.74) is 5.54. The molecule has 0 radical (unpaired) electrons. The molecule has 4 heteroatoms. The monoisotopic (exact) mass is 361 g/mol. The van der Waals surface area contributed by atoms with Crippen LogP contribution in [-0.4, -0.2) is 24.9 Å². The third-order valence-corrected chi connectivity index (χ3v) is 4.87. The van der Waals surface area contributed by atoms with Gasteiger partial charge in [-0.1, -0.05) is 12.1 Å². The first kappa shape index (κ1) is 14.2. The van der Waals surface area contributed by atoms with Gasteiger partial charge in [0.1, 0.15) is 0 Å².